The van der Waals surface area contributed by atoms with Crippen LogP contribution in [-0.2, 0) is 6.42 Å². The Morgan fingerprint density at radius 3 is 2.42 bits per heavy atom. The van der Waals surface area contributed by atoms with Gasteiger partial charge < -0.3 is 5.32 Å². The zero-order valence-electron chi connectivity index (χ0n) is 7.88. The van der Waals surface area contributed by atoms with Gasteiger partial charge in [0, 0.05) is 6.04 Å². The first-order chi connectivity index (χ1) is 5.86. The number of rotatable bonds is 4. The Morgan fingerprint density at radius 1 is 1.25 bits per heavy atom. The average Bonchev–Trinajstić information content (AvgIpc) is 2.16. The molecular weight excluding hydrogens is 146 g/mol. The van der Waals surface area contributed by atoms with Crippen LogP contribution in [0.4, 0.5) is 0 Å². The highest BCUT2D eigenvalue weighted by Gasteiger charge is 2.02. The standard InChI is InChI=1S/C11H17N/c1-3-11(12-2)9-10-7-5-4-6-8-10/h4-8,11-12H,3,9H2,1-2H3. The molecule has 0 radical (unpaired) electrons. The summed E-state index contributed by atoms with van der Waals surface area (Å²) in [6, 6.07) is 11.2. The fraction of sp³-hybridized carbons (Fsp3) is 0.455. The van der Waals surface area contributed by atoms with Gasteiger partial charge in [0.05, 0.1) is 0 Å². The second-order valence-corrected chi connectivity index (χ2v) is 3.08. The molecule has 0 heterocycles. The van der Waals surface area contributed by atoms with Crippen molar-refractivity contribution in [3.05, 3.63) is 35.9 Å². The maximum atomic E-state index is 3.30. The highest BCUT2D eigenvalue weighted by atomic mass is 14.9. The molecule has 1 unspecified atom stereocenters. The quantitative estimate of drug-likeness (QED) is 0.717. The lowest BCUT2D eigenvalue weighted by atomic mass is 10.0. The normalized spacial score (nSPS) is 12.8. The van der Waals surface area contributed by atoms with Gasteiger partial charge in [-0.25, -0.2) is 0 Å². The third kappa shape index (κ3) is 2.67. The van der Waals surface area contributed by atoms with Crippen molar-refractivity contribution in [3.8, 4) is 0 Å². The minimum Gasteiger partial charge on any atom is -0.317 e. The Kier molecular flexibility index (Phi) is 3.81. The molecule has 0 saturated carbocycles. The molecule has 0 saturated heterocycles. The van der Waals surface area contributed by atoms with E-state index in [-0.39, 0.29) is 0 Å². The van der Waals surface area contributed by atoms with Crippen LogP contribution in [0.5, 0.6) is 0 Å². The predicted molar refractivity (Wildman–Crippen MR) is 53.3 cm³/mol. The predicted octanol–water partition coefficient (Wildman–Crippen LogP) is 2.23. The second kappa shape index (κ2) is 4.94. The van der Waals surface area contributed by atoms with Crippen molar-refractivity contribution in [2.75, 3.05) is 7.05 Å². The minimum absolute atomic E-state index is 0.618. The first kappa shape index (κ1) is 9.27. The molecule has 1 atom stereocenters. The van der Waals surface area contributed by atoms with Crippen LogP contribution in [0, 0.1) is 0 Å². The first-order valence-corrected chi connectivity index (χ1v) is 4.58. The fourth-order valence-electron chi connectivity index (χ4n) is 1.35. The topological polar surface area (TPSA) is 12.0 Å². The molecule has 0 aliphatic heterocycles. The van der Waals surface area contributed by atoms with Gasteiger partial charge >= 0.3 is 0 Å². The lowest BCUT2D eigenvalue weighted by Crippen LogP contribution is -2.26. The summed E-state index contributed by atoms with van der Waals surface area (Å²) in [6.45, 7) is 2.21. The van der Waals surface area contributed by atoms with E-state index >= 15 is 0 Å². The van der Waals surface area contributed by atoms with Gasteiger partial charge in [-0.1, -0.05) is 37.3 Å². The molecule has 0 spiro atoms. The number of benzene rings is 1. The lowest BCUT2D eigenvalue weighted by Gasteiger charge is -2.13. The Labute approximate surface area is 74.8 Å². The van der Waals surface area contributed by atoms with Crippen molar-refractivity contribution in [1.29, 1.82) is 0 Å². The van der Waals surface area contributed by atoms with Crippen LogP contribution in [0.1, 0.15) is 18.9 Å². The Morgan fingerprint density at radius 2 is 1.92 bits per heavy atom. The third-order valence-electron chi connectivity index (χ3n) is 2.23. The fourth-order valence-corrected chi connectivity index (χ4v) is 1.35. The Bertz CT molecular complexity index is 202. The van der Waals surface area contributed by atoms with Crippen molar-refractivity contribution in [2.45, 2.75) is 25.8 Å². The van der Waals surface area contributed by atoms with Crippen molar-refractivity contribution >= 4 is 0 Å². The summed E-state index contributed by atoms with van der Waals surface area (Å²) in [4.78, 5) is 0. The summed E-state index contributed by atoms with van der Waals surface area (Å²) in [5, 5.41) is 3.30. The molecule has 1 rings (SSSR count). The number of hydrogen-bond donors (Lipinski definition) is 1. The molecule has 12 heavy (non-hydrogen) atoms. The summed E-state index contributed by atoms with van der Waals surface area (Å²) < 4.78 is 0. The molecule has 0 aromatic heterocycles. The monoisotopic (exact) mass is 163 g/mol. The van der Waals surface area contributed by atoms with Crippen molar-refractivity contribution < 1.29 is 0 Å². The maximum Gasteiger partial charge on any atom is 0.0102 e. The zero-order valence-corrected chi connectivity index (χ0v) is 7.88. The van der Waals surface area contributed by atoms with Gasteiger partial charge in [0.25, 0.3) is 0 Å². The second-order valence-electron chi connectivity index (χ2n) is 3.08. The van der Waals surface area contributed by atoms with E-state index in [9.17, 15) is 0 Å². The van der Waals surface area contributed by atoms with Gasteiger partial charge in [-0.05, 0) is 25.5 Å². The van der Waals surface area contributed by atoms with Crippen LogP contribution >= 0.6 is 0 Å². The van der Waals surface area contributed by atoms with Crippen LogP contribution < -0.4 is 5.32 Å². The van der Waals surface area contributed by atoms with Crippen molar-refractivity contribution in [3.63, 3.8) is 0 Å². The van der Waals surface area contributed by atoms with E-state index in [1.165, 1.54) is 12.0 Å². The molecular formula is C11H17N. The number of nitrogens with one attached hydrogen (secondary N) is 1. The van der Waals surface area contributed by atoms with Gasteiger partial charge in [0.1, 0.15) is 0 Å². The summed E-state index contributed by atoms with van der Waals surface area (Å²) in [7, 11) is 2.02. The molecule has 1 N–H and O–H groups in total. The summed E-state index contributed by atoms with van der Waals surface area (Å²) in [5.41, 5.74) is 1.42. The molecule has 0 aliphatic rings. The van der Waals surface area contributed by atoms with Crippen LogP contribution in [-0.4, -0.2) is 13.1 Å². The summed E-state index contributed by atoms with van der Waals surface area (Å²) >= 11 is 0. The van der Waals surface area contributed by atoms with Gasteiger partial charge in [0.15, 0.2) is 0 Å². The molecule has 66 valence electrons. The molecule has 0 aliphatic carbocycles. The molecule has 0 fully saturated rings. The van der Waals surface area contributed by atoms with E-state index in [0.717, 1.165) is 6.42 Å². The van der Waals surface area contributed by atoms with Crippen LogP contribution in [0.15, 0.2) is 30.3 Å². The van der Waals surface area contributed by atoms with E-state index in [2.05, 4.69) is 42.6 Å². The summed E-state index contributed by atoms with van der Waals surface area (Å²) in [6.07, 6.45) is 2.32. The molecule has 1 aromatic carbocycles. The van der Waals surface area contributed by atoms with Crippen molar-refractivity contribution in [2.24, 2.45) is 0 Å². The third-order valence-corrected chi connectivity index (χ3v) is 2.23. The van der Waals surface area contributed by atoms with Gasteiger partial charge in [-0.3, -0.25) is 0 Å². The Hall–Kier alpha value is -0.820. The van der Waals surface area contributed by atoms with E-state index in [1.54, 1.807) is 0 Å². The zero-order chi connectivity index (χ0) is 8.81. The number of likely N-dealkylation sites (N-methyl/N-ethyl adjacent to an activating group) is 1. The highest BCUT2D eigenvalue weighted by Crippen LogP contribution is 2.04. The van der Waals surface area contributed by atoms with E-state index < -0.39 is 0 Å². The SMILES string of the molecule is CCC(Cc1ccccc1)NC. The van der Waals surface area contributed by atoms with Crippen LogP contribution in [0.2, 0.25) is 0 Å². The molecule has 0 bridgehead atoms. The summed E-state index contributed by atoms with van der Waals surface area (Å²) in [5.74, 6) is 0. The lowest BCUT2D eigenvalue weighted by molar-refractivity contribution is 0.543. The van der Waals surface area contributed by atoms with E-state index in [0.29, 0.717) is 6.04 Å². The van der Waals surface area contributed by atoms with Crippen LogP contribution in [0.25, 0.3) is 0 Å². The molecule has 1 heteroatoms. The van der Waals surface area contributed by atoms with Crippen molar-refractivity contribution in [1.82, 2.24) is 5.32 Å². The van der Waals surface area contributed by atoms with Crippen LogP contribution in [0.3, 0.4) is 0 Å². The van der Waals surface area contributed by atoms with Gasteiger partial charge in [-0.2, -0.15) is 0 Å². The smallest absolute Gasteiger partial charge is 0.0102 e. The number of hydrogen-bond acceptors (Lipinski definition) is 1. The first-order valence-electron chi connectivity index (χ1n) is 4.58. The minimum atomic E-state index is 0.618. The van der Waals surface area contributed by atoms with E-state index in [1.807, 2.05) is 7.05 Å². The largest absolute Gasteiger partial charge is 0.317 e. The van der Waals surface area contributed by atoms with E-state index in [4.69, 9.17) is 0 Å². The molecule has 0 amide bonds. The average molecular weight is 163 g/mol. The maximum absolute atomic E-state index is 3.30. The molecule has 1 nitrogen and oxygen atoms in total. The van der Waals surface area contributed by atoms with Gasteiger partial charge in [0.2, 0.25) is 0 Å². The Balaban J connectivity index is 2.51. The van der Waals surface area contributed by atoms with Gasteiger partial charge in [-0.15, -0.1) is 0 Å². The molecule has 1 aromatic rings. The highest BCUT2D eigenvalue weighted by molar-refractivity contribution is 5.15.